The fraction of sp³-hybridized carbons (Fsp3) is 0.400. The molecule has 0 atom stereocenters. The molecule has 0 aliphatic heterocycles. The first-order valence-corrected chi connectivity index (χ1v) is 6.65. The molecule has 0 spiro atoms. The molecule has 4 heteroatoms. The third-order valence-electron chi connectivity index (χ3n) is 3.75. The van der Waals surface area contributed by atoms with Crippen molar-refractivity contribution in [2.24, 2.45) is 0 Å². The fourth-order valence-electron chi connectivity index (χ4n) is 2.28. The number of aromatic nitrogens is 2. The van der Waals surface area contributed by atoms with Crippen molar-refractivity contribution < 1.29 is 4.74 Å². The Labute approximate surface area is 113 Å². The van der Waals surface area contributed by atoms with Gasteiger partial charge in [-0.15, -0.1) is 0 Å². The molecule has 1 aliphatic carbocycles. The van der Waals surface area contributed by atoms with Gasteiger partial charge < -0.3 is 10.1 Å². The summed E-state index contributed by atoms with van der Waals surface area (Å²) in [6, 6.07) is 6.78. The number of rotatable bonds is 4. The van der Waals surface area contributed by atoms with Gasteiger partial charge in [0.05, 0.1) is 12.8 Å². The topological polar surface area (TPSA) is 49.9 Å². The highest BCUT2D eigenvalue weighted by molar-refractivity contribution is 5.69. The van der Waals surface area contributed by atoms with E-state index >= 15 is 0 Å². The summed E-state index contributed by atoms with van der Waals surface area (Å²) in [5.74, 6) is 1.86. The SMILES string of the molecule is COc1ccc(-c2cc(NC3CC3)n[nH]2)c(C)c1C. The van der Waals surface area contributed by atoms with E-state index in [-0.39, 0.29) is 0 Å². The van der Waals surface area contributed by atoms with Crippen LogP contribution >= 0.6 is 0 Å². The average molecular weight is 257 g/mol. The quantitative estimate of drug-likeness (QED) is 0.883. The van der Waals surface area contributed by atoms with Gasteiger partial charge in [0.15, 0.2) is 0 Å². The van der Waals surface area contributed by atoms with Crippen molar-refractivity contribution in [1.82, 2.24) is 10.2 Å². The standard InChI is InChI=1S/C15H19N3O/c1-9-10(2)14(19-3)7-6-12(9)13-8-15(18-17-13)16-11-4-5-11/h6-8,11H,4-5H2,1-3H3,(H2,16,17,18). The van der Waals surface area contributed by atoms with Gasteiger partial charge in [0.2, 0.25) is 0 Å². The van der Waals surface area contributed by atoms with Gasteiger partial charge >= 0.3 is 0 Å². The lowest BCUT2D eigenvalue weighted by atomic mass is 10.00. The van der Waals surface area contributed by atoms with Crippen molar-refractivity contribution in [2.75, 3.05) is 12.4 Å². The first kappa shape index (κ1) is 12.1. The van der Waals surface area contributed by atoms with E-state index in [1.807, 2.05) is 6.07 Å². The van der Waals surface area contributed by atoms with Gasteiger partial charge in [0.25, 0.3) is 0 Å². The second-order valence-electron chi connectivity index (χ2n) is 5.15. The van der Waals surface area contributed by atoms with Crippen LogP contribution in [0.4, 0.5) is 5.82 Å². The predicted octanol–water partition coefficient (Wildman–Crippen LogP) is 3.28. The molecule has 1 aromatic heterocycles. The van der Waals surface area contributed by atoms with Crippen LogP contribution in [-0.2, 0) is 0 Å². The Morgan fingerprint density at radius 3 is 2.74 bits per heavy atom. The summed E-state index contributed by atoms with van der Waals surface area (Å²) in [5.41, 5.74) is 4.62. The second-order valence-corrected chi connectivity index (χ2v) is 5.15. The summed E-state index contributed by atoms with van der Waals surface area (Å²) in [6.45, 7) is 4.19. The molecule has 100 valence electrons. The van der Waals surface area contributed by atoms with Crippen LogP contribution in [0, 0.1) is 13.8 Å². The van der Waals surface area contributed by atoms with Crippen molar-refractivity contribution in [3.05, 3.63) is 29.3 Å². The maximum Gasteiger partial charge on any atom is 0.148 e. The van der Waals surface area contributed by atoms with E-state index in [1.165, 1.54) is 29.5 Å². The highest BCUT2D eigenvalue weighted by Crippen LogP contribution is 2.31. The Kier molecular flexibility index (Phi) is 2.93. The average Bonchev–Trinajstić information content (AvgIpc) is 3.10. The monoisotopic (exact) mass is 257 g/mol. The molecule has 0 unspecified atom stereocenters. The molecule has 1 aromatic carbocycles. The molecule has 19 heavy (non-hydrogen) atoms. The van der Waals surface area contributed by atoms with Crippen molar-refractivity contribution in [1.29, 1.82) is 0 Å². The van der Waals surface area contributed by atoms with Crippen molar-refractivity contribution in [3.8, 4) is 17.0 Å². The number of H-pyrrole nitrogens is 1. The molecule has 0 amide bonds. The summed E-state index contributed by atoms with van der Waals surface area (Å²) in [6.07, 6.45) is 2.51. The molecule has 1 aliphatic rings. The number of nitrogens with one attached hydrogen (secondary N) is 2. The van der Waals surface area contributed by atoms with Crippen LogP contribution in [0.25, 0.3) is 11.3 Å². The molecule has 0 bridgehead atoms. The zero-order valence-electron chi connectivity index (χ0n) is 11.6. The molecule has 0 radical (unpaired) electrons. The highest BCUT2D eigenvalue weighted by Gasteiger charge is 2.22. The number of anilines is 1. The lowest BCUT2D eigenvalue weighted by Gasteiger charge is -2.11. The van der Waals surface area contributed by atoms with Crippen LogP contribution in [0.1, 0.15) is 24.0 Å². The molecule has 1 heterocycles. The van der Waals surface area contributed by atoms with Gasteiger partial charge in [-0.25, -0.2) is 0 Å². The molecular weight excluding hydrogens is 238 g/mol. The van der Waals surface area contributed by atoms with Crippen molar-refractivity contribution in [2.45, 2.75) is 32.7 Å². The summed E-state index contributed by atoms with van der Waals surface area (Å²) >= 11 is 0. The Bertz CT molecular complexity index is 599. The Morgan fingerprint density at radius 1 is 1.26 bits per heavy atom. The lowest BCUT2D eigenvalue weighted by Crippen LogP contribution is -2.00. The van der Waals surface area contributed by atoms with E-state index in [2.05, 4.69) is 41.5 Å². The van der Waals surface area contributed by atoms with Crippen molar-refractivity contribution in [3.63, 3.8) is 0 Å². The van der Waals surface area contributed by atoms with Crippen LogP contribution in [0.5, 0.6) is 5.75 Å². The van der Waals surface area contributed by atoms with E-state index < -0.39 is 0 Å². The first-order chi connectivity index (χ1) is 9.19. The van der Waals surface area contributed by atoms with Crippen LogP contribution in [0.2, 0.25) is 0 Å². The summed E-state index contributed by atoms with van der Waals surface area (Å²) in [5, 5.41) is 10.8. The zero-order chi connectivity index (χ0) is 13.4. The van der Waals surface area contributed by atoms with Gasteiger partial charge in [0, 0.05) is 17.7 Å². The molecule has 4 nitrogen and oxygen atoms in total. The Morgan fingerprint density at radius 2 is 2.05 bits per heavy atom. The van der Waals surface area contributed by atoms with Crippen LogP contribution in [-0.4, -0.2) is 23.3 Å². The molecule has 0 saturated heterocycles. The molecule has 2 N–H and O–H groups in total. The maximum atomic E-state index is 5.34. The van der Waals surface area contributed by atoms with Crippen LogP contribution in [0.3, 0.4) is 0 Å². The largest absolute Gasteiger partial charge is 0.496 e. The Balaban J connectivity index is 1.92. The minimum absolute atomic E-state index is 0.620. The smallest absolute Gasteiger partial charge is 0.148 e. The molecular formula is C15H19N3O. The predicted molar refractivity (Wildman–Crippen MR) is 76.7 cm³/mol. The fourth-order valence-corrected chi connectivity index (χ4v) is 2.28. The Hall–Kier alpha value is -1.97. The number of methoxy groups -OCH3 is 1. The molecule has 1 fully saturated rings. The second kappa shape index (κ2) is 4.61. The number of benzene rings is 1. The number of hydrogen-bond donors (Lipinski definition) is 2. The normalized spacial score (nSPS) is 14.5. The third kappa shape index (κ3) is 2.30. The lowest BCUT2D eigenvalue weighted by molar-refractivity contribution is 0.411. The minimum atomic E-state index is 0.620. The molecule has 2 aromatic rings. The van der Waals surface area contributed by atoms with Gasteiger partial charge in [-0.3, -0.25) is 5.10 Å². The summed E-state index contributed by atoms with van der Waals surface area (Å²) in [7, 11) is 1.70. The maximum absolute atomic E-state index is 5.34. The summed E-state index contributed by atoms with van der Waals surface area (Å²) < 4.78 is 5.34. The summed E-state index contributed by atoms with van der Waals surface area (Å²) in [4.78, 5) is 0. The van der Waals surface area contributed by atoms with Crippen LogP contribution in [0.15, 0.2) is 18.2 Å². The molecule has 1 saturated carbocycles. The van der Waals surface area contributed by atoms with E-state index in [0.717, 1.165) is 17.3 Å². The number of nitrogens with zero attached hydrogens (tertiary/aromatic N) is 1. The van der Waals surface area contributed by atoms with Crippen molar-refractivity contribution >= 4 is 5.82 Å². The number of ether oxygens (including phenoxy) is 1. The third-order valence-corrected chi connectivity index (χ3v) is 3.75. The van der Waals surface area contributed by atoms with Gasteiger partial charge in [0.1, 0.15) is 11.6 Å². The van der Waals surface area contributed by atoms with Crippen LogP contribution < -0.4 is 10.1 Å². The zero-order valence-corrected chi connectivity index (χ0v) is 11.6. The minimum Gasteiger partial charge on any atom is -0.496 e. The highest BCUT2D eigenvalue weighted by atomic mass is 16.5. The first-order valence-electron chi connectivity index (χ1n) is 6.65. The molecule has 3 rings (SSSR count). The van der Waals surface area contributed by atoms with E-state index in [9.17, 15) is 0 Å². The van der Waals surface area contributed by atoms with E-state index in [0.29, 0.717) is 6.04 Å². The van der Waals surface area contributed by atoms with Gasteiger partial charge in [-0.1, -0.05) is 0 Å². The van der Waals surface area contributed by atoms with Gasteiger partial charge in [-0.2, -0.15) is 5.10 Å². The van der Waals surface area contributed by atoms with E-state index in [1.54, 1.807) is 7.11 Å². The van der Waals surface area contributed by atoms with E-state index in [4.69, 9.17) is 4.74 Å². The number of hydrogen-bond acceptors (Lipinski definition) is 3. The number of aromatic amines is 1. The van der Waals surface area contributed by atoms with Gasteiger partial charge in [-0.05, 0) is 49.9 Å².